The van der Waals surface area contributed by atoms with Gasteiger partial charge in [0.1, 0.15) is 11.5 Å². The minimum atomic E-state index is -0.181. The van der Waals surface area contributed by atoms with Crippen LogP contribution in [0.25, 0.3) is 6.08 Å². The molecule has 1 heterocycles. The molecular formula is C25H31NO3. The Bertz CT molecular complexity index is 938. The first-order valence-electron chi connectivity index (χ1n) is 10.2. The van der Waals surface area contributed by atoms with E-state index in [4.69, 9.17) is 4.74 Å². The maximum absolute atomic E-state index is 13.1. The number of hydrogen-bond acceptors (Lipinski definition) is 4. The van der Waals surface area contributed by atoms with Crippen molar-refractivity contribution < 1.29 is 14.6 Å². The molecule has 3 rings (SSSR count). The molecule has 0 saturated carbocycles. The molecule has 4 heteroatoms. The number of piperidine rings is 1. The predicted octanol–water partition coefficient (Wildman–Crippen LogP) is 5.03. The van der Waals surface area contributed by atoms with E-state index in [0.29, 0.717) is 11.5 Å². The van der Waals surface area contributed by atoms with E-state index < -0.39 is 0 Å². The van der Waals surface area contributed by atoms with Crippen LogP contribution in [0.5, 0.6) is 11.5 Å². The van der Waals surface area contributed by atoms with Crippen LogP contribution < -0.4 is 4.74 Å². The first-order chi connectivity index (χ1) is 13.8. The van der Waals surface area contributed by atoms with Gasteiger partial charge in [-0.3, -0.25) is 4.79 Å². The second-order valence-electron chi connectivity index (χ2n) is 8.09. The average molecular weight is 394 g/mol. The van der Waals surface area contributed by atoms with E-state index in [2.05, 4.69) is 11.9 Å². The van der Waals surface area contributed by atoms with Crippen molar-refractivity contribution in [2.45, 2.75) is 39.5 Å². The van der Waals surface area contributed by atoms with Crippen LogP contribution in [-0.2, 0) is 0 Å². The molecule has 0 atom stereocenters. The Balaban J connectivity index is 1.96. The van der Waals surface area contributed by atoms with Gasteiger partial charge in [0, 0.05) is 5.56 Å². The number of benzene rings is 2. The van der Waals surface area contributed by atoms with Gasteiger partial charge in [-0.2, -0.15) is 0 Å². The van der Waals surface area contributed by atoms with Gasteiger partial charge in [0.25, 0.3) is 0 Å². The van der Waals surface area contributed by atoms with Crippen molar-refractivity contribution in [1.82, 2.24) is 4.90 Å². The molecule has 1 saturated heterocycles. The lowest BCUT2D eigenvalue weighted by atomic mass is 9.81. The number of aryl methyl sites for hydroxylation is 2. The normalized spacial score (nSPS) is 15.8. The van der Waals surface area contributed by atoms with E-state index in [1.54, 1.807) is 25.3 Å². The van der Waals surface area contributed by atoms with Gasteiger partial charge in [-0.05, 0) is 106 Å². The van der Waals surface area contributed by atoms with Crippen LogP contribution in [0.4, 0.5) is 0 Å². The molecule has 0 bridgehead atoms. The lowest BCUT2D eigenvalue weighted by molar-refractivity contribution is 0.104. The van der Waals surface area contributed by atoms with Gasteiger partial charge in [-0.1, -0.05) is 12.1 Å². The van der Waals surface area contributed by atoms with Crippen molar-refractivity contribution in [3.63, 3.8) is 0 Å². The second kappa shape index (κ2) is 8.83. The molecule has 4 nitrogen and oxygen atoms in total. The molecule has 2 aromatic rings. The highest BCUT2D eigenvalue weighted by Gasteiger charge is 2.25. The van der Waals surface area contributed by atoms with Crippen LogP contribution in [0.2, 0.25) is 0 Å². The number of aromatic hydroxyl groups is 1. The van der Waals surface area contributed by atoms with Crippen LogP contribution in [0.3, 0.4) is 0 Å². The number of likely N-dealkylation sites (tertiary alicyclic amines) is 1. The molecule has 154 valence electrons. The fourth-order valence-corrected chi connectivity index (χ4v) is 4.50. The van der Waals surface area contributed by atoms with Crippen molar-refractivity contribution in [2.75, 3.05) is 27.2 Å². The molecule has 1 aliphatic rings. The van der Waals surface area contributed by atoms with Crippen molar-refractivity contribution in [1.29, 1.82) is 0 Å². The van der Waals surface area contributed by atoms with Crippen LogP contribution in [0.1, 0.15) is 56.9 Å². The van der Waals surface area contributed by atoms with E-state index in [0.717, 1.165) is 53.9 Å². The fraction of sp³-hybridized carbons (Fsp3) is 0.400. The Morgan fingerprint density at radius 1 is 1.17 bits per heavy atom. The van der Waals surface area contributed by atoms with Gasteiger partial charge in [-0.25, -0.2) is 0 Å². The van der Waals surface area contributed by atoms with Crippen LogP contribution in [-0.4, -0.2) is 43.0 Å². The number of ether oxygens (including phenoxy) is 1. The molecule has 0 radical (unpaired) electrons. The number of phenols is 1. The summed E-state index contributed by atoms with van der Waals surface area (Å²) >= 11 is 0. The summed E-state index contributed by atoms with van der Waals surface area (Å²) in [7, 11) is 3.77. The first kappa shape index (κ1) is 21.1. The van der Waals surface area contributed by atoms with Gasteiger partial charge in [-0.15, -0.1) is 0 Å². The molecule has 0 aliphatic carbocycles. The summed E-state index contributed by atoms with van der Waals surface area (Å²) in [6.07, 6.45) is 5.48. The van der Waals surface area contributed by atoms with E-state index >= 15 is 0 Å². The summed E-state index contributed by atoms with van der Waals surface area (Å²) in [5.41, 5.74) is 5.52. The SMILES string of the molecule is COc1cccc(C)c1/C=C/C(=O)c1c(O)cc(C)c(C2CCN(C)CC2)c1C. The Morgan fingerprint density at radius 3 is 2.52 bits per heavy atom. The molecular weight excluding hydrogens is 362 g/mol. The molecule has 0 spiro atoms. The van der Waals surface area contributed by atoms with Gasteiger partial charge in [0.05, 0.1) is 12.7 Å². The maximum atomic E-state index is 13.1. The molecule has 1 N–H and O–H groups in total. The highest BCUT2D eigenvalue weighted by Crippen LogP contribution is 2.37. The molecule has 1 aliphatic heterocycles. The number of ketones is 1. The monoisotopic (exact) mass is 393 g/mol. The molecule has 1 fully saturated rings. The fourth-order valence-electron chi connectivity index (χ4n) is 4.50. The standard InChI is InChI=1S/C25H31NO3/c1-16-7-6-8-23(29-5)20(16)9-10-21(27)25-18(3)24(17(2)15-22(25)28)19-11-13-26(4)14-12-19/h6-10,15,19,28H,11-14H2,1-5H3/b10-9+. The van der Waals surface area contributed by atoms with Crippen molar-refractivity contribution >= 4 is 11.9 Å². The first-order valence-corrected chi connectivity index (χ1v) is 10.2. The summed E-state index contributed by atoms with van der Waals surface area (Å²) in [6, 6.07) is 7.54. The number of rotatable bonds is 5. The minimum absolute atomic E-state index is 0.0584. The van der Waals surface area contributed by atoms with E-state index in [1.807, 2.05) is 39.0 Å². The Morgan fingerprint density at radius 2 is 1.86 bits per heavy atom. The van der Waals surface area contributed by atoms with E-state index in [9.17, 15) is 9.90 Å². The summed E-state index contributed by atoms with van der Waals surface area (Å²) in [5, 5.41) is 10.6. The van der Waals surface area contributed by atoms with Crippen LogP contribution in [0, 0.1) is 20.8 Å². The lowest BCUT2D eigenvalue weighted by Gasteiger charge is -2.31. The third-order valence-corrected chi connectivity index (χ3v) is 6.09. The highest BCUT2D eigenvalue weighted by molar-refractivity contribution is 6.10. The molecule has 29 heavy (non-hydrogen) atoms. The quantitative estimate of drug-likeness (QED) is 0.572. The third kappa shape index (κ3) is 4.38. The molecule has 2 aromatic carbocycles. The van der Waals surface area contributed by atoms with Gasteiger partial charge in [0.15, 0.2) is 5.78 Å². The molecule has 0 aromatic heterocycles. The number of nitrogens with zero attached hydrogens (tertiary/aromatic N) is 1. The van der Waals surface area contributed by atoms with Crippen molar-refractivity contribution in [2.24, 2.45) is 0 Å². The number of methoxy groups -OCH3 is 1. The smallest absolute Gasteiger partial charge is 0.189 e. The predicted molar refractivity (Wildman–Crippen MR) is 118 cm³/mol. The summed E-state index contributed by atoms with van der Waals surface area (Å²) in [5.74, 6) is 1.03. The maximum Gasteiger partial charge on any atom is 0.189 e. The van der Waals surface area contributed by atoms with Gasteiger partial charge >= 0.3 is 0 Å². The van der Waals surface area contributed by atoms with E-state index in [-0.39, 0.29) is 11.5 Å². The zero-order valence-electron chi connectivity index (χ0n) is 18.1. The summed E-state index contributed by atoms with van der Waals surface area (Å²) in [4.78, 5) is 15.4. The molecule has 0 amide bonds. The number of carbonyl (C=O) groups excluding carboxylic acids is 1. The van der Waals surface area contributed by atoms with Crippen molar-refractivity contribution in [3.8, 4) is 11.5 Å². The molecule has 0 unspecified atom stereocenters. The van der Waals surface area contributed by atoms with Crippen molar-refractivity contribution in [3.05, 3.63) is 63.7 Å². The Kier molecular flexibility index (Phi) is 6.43. The third-order valence-electron chi connectivity index (χ3n) is 6.09. The van der Waals surface area contributed by atoms with E-state index in [1.165, 1.54) is 5.56 Å². The topological polar surface area (TPSA) is 49.8 Å². The number of allylic oxidation sites excluding steroid dienone is 1. The number of hydrogen-bond donors (Lipinski definition) is 1. The van der Waals surface area contributed by atoms with Crippen LogP contribution in [0.15, 0.2) is 30.3 Å². The second-order valence-corrected chi connectivity index (χ2v) is 8.09. The lowest BCUT2D eigenvalue weighted by Crippen LogP contribution is -2.30. The zero-order valence-corrected chi connectivity index (χ0v) is 18.1. The number of carbonyl (C=O) groups is 1. The minimum Gasteiger partial charge on any atom is -0.507 e. The summed E-state index contributed by atoms with van der Waals surface area (Å²) < 4.78 is 5.42. The van der Waals surface area contributed by atoms with Gasteiger partial charge < -0.3 is 14.7 Å². The Labute approximate surface area is 173 Å². The Hall–Kier alpha value is -2.59. The van der Waals surface area contributed by atoms with Crippen LogP contribution >= 0.6 is 0 Å². The summed E-state index contributed by atoms with van der Waals surface area (Å²) in [6.45, 7) is 8.10. The van der Waals surface area contributed by atoms with Gasteiger partial charge in [0.2, 0.25) is 0 Å². The number of phenolic OH excluding ortho intramolecular Hbond substituents is 1. The highest BCUT2D eigenvalue weighted by atomic mass is 16.5. The average Bonchev–Trinajstić information content (AvgIpc) is 2.68. The largest absolute Gasteiger partial charge is 0.507 e. The zero-order chi connectivity index (χ0) is 21.1.